The van der Waals surface area contributed by atoms with E-state index >= 15 is 0 Å². The Kier molecular flexibility index (Phi) is 5.24. The van der Waals surface area contributed by atoms with Gasteiger partial charge in [-0.15, -0.1) is 0 Å². The van der Waals surface area contributed by atoms with Gasteiger partial charge in [0.1, 0.15) is 6.10 Å². The van der Waals surface area contributed by atoms with E-state index in [1.54, 1.807) is 11.0 Å². The molecule has 1 amide bonds. The normalized spacial score (nSPS) is 19.0. The third-order valence-corrected chi connectivity index (χ3v) is 4.07. The number of allylic oxidation sites excluding steroid dienone is 2. The SMILES string of the molecule is C=C/C=C1\[C@H](OCc2ccccc2)CC(=O)N1Cc1ccccc1. The zero-order valence-corrected chi connectivity index (χ0v) is 13.6. The molecular formula is C21H21NO2. The summed E-state index contributed by atoms with van der Waals surface area (Å²) in [7, 11) is 0. The van der Waals surface area contributed by atoms with Crippen LogP contribution >= 0.6 is 0 Å². The van der Waals surface area contributed by atoms with Crippen molar-refractivity contribution in [1.29, 1.82) is 0 Å². The van der Waals surface area contributed by atoms with Gasteiger partial charge in [0.15, 0.2) is 0 Å². The molecule has 0 saturated carbocycles. The van der Waals surface area contributed by atoms with Crippen molar-refractivity contribution < 1.29 is 9.53 Å². The second-order valence-electron chi connectivity index (χ2n) is 5.78. The fourth-order valence-corrected chi connectivity index (χ4v) is 2.87. The van der Waals surface area contributed by atoms with E-state index in [1.165, 1.54) is 0 Å². The van der Waals surface area contributed by atoms with Crippen molar-refractivity contribution in [3.63, 3.8) is 0 Å². The Bertz CT molecular complexity index is 722. The van der Waals surface area contributed by atoms with Crippen molar-refractivity contribution >= 4 is 5.91 Å². The number of carbonyl (C=O) groups is 1. The zero-order valence-electron chi connectivity index (χ0n) is 13.6. The monoisotopic (exact) mass is 319 g/mol. The summed E-state index contributed by atoms with van der Waals surface area (Å²) < 4.78 is 6.01. The smallest absolute Gasteiger partial charge is 0.230 e. The molecule has 0 unspecified atom stereocenters. The van der Waals surface area contributed by atoms with Crippen LogP contribution in [-0.4, -0.2) is 16.9 Å². The van der Waals surface area contributed by atoms with E-state index < -0.39 is 0 Å². The summed E-state index contributed by atoms with van der Waals surface area (Å²) >= 11 is 0. The van der Waals surface area contributed by atoms with Crippen molar-refractivity contribution in [2.24, 2.45) is 0 Å². The molecule has 1 aliphatic heterocycles. The number of carbonyl (C=O) groups excluding carboxylic acids is 1. The summed E-state index contributed by atoms with van der Waals surface area (Å²) in [6.07, 6.45) is 3.74. The van der Waals surface area contributed by atoms with Gasteiger partial charge < -0.3 is 9.64 Å². The van der Waals surface area contributed by atoms with Crippen molar-refractivity contribution in [1.82, 2.24) is 4.90 Å². The highest BCUT2D eigenvalue weighted by Crippen LogP contribution is 2.28. The summed E-state index contributed by atoms with van der Waals surface area (Å²) in [4.78, 5) is 14.3. The molecule has 3 nitrogen and oxygen atoms in total. The molecule has 122 valence electrons. The lowest BCUT2D eigenvalue weighted by molar-refractivity contribution is -0.127. The second-order valence-corrected chi connectivity index (χ2v) is 5.78. The maximum atomic E-state index is 12.5. The summed E-state index contributed by atoms with van der Waals surface area (Å²) in [6.45, 7) is 4.83. The van der Waals surface area contributed by atoms with Crippen LogP contribution in [0.3, 0.4) is 0 Å². The Morgan fingerprint density at radius 1 is 1.04 bits per heavy atom. The van der Waals surface area contributed by atoms with Crippen LogP contribution in [0.4, 0.5) is 0 Å². The van der Waals surface area contributed by atoms with Gasteiger partial charge in [-0.25, -0.2) is 0 Å². The highest BCUT2D eigenvalue weighted by atomic mass is 16.5. The van der Waals surface area contributed by atoms with Gasteiger partial charge in [-0.3, -0.25) is 4.79 Å². The zero-order chi connectivity index (χ0) is 16.8. The predicted molar refractivity (Wildman–Crippen MR) is 94.9 cm³/mol. The first-order valence-corrected chi connectivity index (χ1v) is 8.10. The number of amides is 1. The molecule has 1 aliphatic rings. The first kappa shape index (κ1) is 16.2. The van der Waals surface area contributed by atoms with Crippen molar-refractivity contribution in [2.75, 3.05) is 0 Å². The molecular weight excluding hydrogens is 298 g/mol. The van der Waals surface area contributed by atoms with E-state index in [4.69, 9.17) is 4.74 Å². The van der Waals surface area contributed by atoms with Crippen molar-refractivity contribution in [3.8, 4) is 0 Å². The van der Waals surface area contributed by atoms with Crippen LogP contribution in [0.5, 0.6) is 0 Å². The van der Waals surface area contributed by atoms with Crippen LogP contribution < -0.4 is 0 Å². The third kappa shape index (κ3) is 3.81. The molecule has 0 aliphatic carbocycles. The van der Waals surface area contributed by atoms with Crippen molar-refractivity contribution in [3.05, 3.63) is 96.2 Å². The molecule has 1 atom stereocenters. The molecule has 3 heteroatoms. The van der Waals surface area contributed by atoms with Gasteiger partial charge in [-0.05, 0) is 17.2 Å². The lowest BCUT2D eigenvalue weighted by atomic mass is 10.2. The standard InChI is InChI=1S/C21H21NO2/c1-2-9-19-20(24-16-18-12-7-4-8-13-18)14-21(23)22(19)15-17-10-5-3-6-11-17/h2-13,20H,1,14-16H2/b19-9+/t20-/m1/s1. The largest absolute Gasteiger partial charge is 0.367 e. The summed E-state index contributed by atoms with van der Waals surface area (Å²) in [5, 5.41) is 0. The fraction of sp³-hybridized carbons (Fsp3) is 0.190. The Labute approximate surface area is 142 Å². The molecule has 0 bridgehead atoms. The number of hydrogen-bond acceptors (Lipinski definition) is 2. The molecule has 24 heavy (non-hydrogen) atoms. The van der Waals surface area contributed by atoms with E-state index in [0.717, 1.165) is 16.8 Å². The average Bonchev–Trinajstić information content (AvgIpc) is 2.91. The minimum atomic E-state index is -0.223. The minimum absolute atomic E-state index is 0.0880. The number of rotatable bonds is 6. The topological polar surface area (TPSA) is 29.5 Å². The average molecular weight is 319 g/mol. The first-order chi connectivity index (χ1) is 11.8. The lowest BCUT2D eigenvalue weighted by Crippen LogP contribution is -2.24. The Morgan fingerprint density at radius 2 is 1.67 bits per heavy atom. The van der Waals surface area contributed by atoms with Crippen LogP contribution in [-0.2, 0) is 22.7 Å². The molecule has 3 rings (SSSR count). The highest BCUT2D eigenvalue weighted by molar-refractivity contribution is 5.82. The van der Waals surface area contributed by atoms with Gasteiger partial charge in [0, 0.05) is 0 Å². The van der Waals surface area contributed by atoms with Crippen LogP contribution in [0.25, 0.3) is 0 Å². The Morgan fingerprint density at radius 3 is 2.29 bits per heavy atom. The summed E-state index contributed by atoms with van der Waals surface area (Å²) in [5.41, 5.74) is 3.09. The van der Waals surface area contributed by atoms with E-state index in [-0.39, 0.29) is 12.0 Å². The fourth-order valence-electron chi connectivity index (χ4n) is 2.87. The van der Waals surface area contributed by atoms with Gasteiger partial charge >= 0.3 is 0 Å². The van der Waals surface area contributed by atoms with Gasteiger partial charge in [-0.1, -0.05) is 73.3 Å². The predicted octanol–water partition coefficient (Wildman–Crippen LogP) is 4.07. The molecule has 1 heterocycles. The summed E-state index contributed by atoms with van der Waals surface area (Å²) in [6, 6.07) is 20.0. The quantitative estimate of drug-likeness (QED) is 0.803. The van der Waals surface area contributed by atoms with Gasteiger partial charge in [0.2, 0.25) is 5.91 Å². The molecule has 0 aromatic heterocycles. The number of hydrogen-bond donors (Lipinski definition) is 0. The lowest BCUT2D eigenvalue weighted by Gasteiger charge is -2.21. The number of benzene rings is 2. The Hall–Kier alpha value is -2.65. The Balaban J connectivity index is 1.72. The van der Waals surface area contributed by atoms with E-state index in [1.807, 2.05) is 66.7 Å². The number of likely N-dealkylation sites (tertiary alicyclic amines) is 1. The van der Waals surface area contributed by atoms with Crippen molar-refractivity contribution in [2.45, 2.75) is 25.7 Å². The summed E-state index contributed by atoms with van der Waals surface area (Å²) in [5.74, 6) is 0.0880. The second kappa shape index (κ2) is 7.75. The van der Waals surface area contributed by atoms with Gasteiger partial charge in [0.05, 0.1) is 25.3 Å². The maximum absolute atomic E-state index is 12.5. The van der Waals surface area contributed by atoms with Crippen LogP contribution in [0.15, 0.2) is 85.1 Å². The number of ether oxygens (including phenoxy) is 1. The molecule has 2 aromatic rings. The molecule has 1 saturated heterocycles. The van der Waals surface area contributed by atoms with E-state index in [9.17, 15) is 4.79 Å². The molecule has 0 N–H and O–H groups in total. The van der Waals surface area contributed by atoms with Crippen LogP contribution in [0.2, 0.25) is 0 Å². The minimum Gasteiger partial charge on any atom is -0.367 e. The molecule has 2 aromatic carbocycles. The third-order valence-electron chi connectivity index (χ3n) is 4.07. The van der Waals surface area contributed by atoms with Crippen LogP contribution in [0, 0.1) is 0 Å². The number of nitrogens with zero attached hydrogens (tertiary/aromatic N) is 1. The highest BCUT2D eigenvalue weighted by Gasteiger charge is 2.35. The molecule has 1 fully saturated rings. The van der Waals surface area contributed by atoms with E-state index in [0.29, 0.717) is 19.6 Å². The first-order valence-electron chi connectivity index (χ1n) is 8.10. The van der Waals surface area contributed by atoms with Gasteiger partial charge in [-0.2, -0.15) is 0 Å². The molecule has 0 spiro atoms. The molecule has 0 radical (unpaired) electrons. The van der Waals surface area contributed by atoms with E-state index in [2.05, 4.69) is 6.58 Å². The maximum Gasteiger partial charge on any atom is 0.230 e. The van der Waals surface area contributed by atoms with Gasteiger partial charge in [0.25, 0.3) is 0 Å². The van der Waals surface area contributed by atoms with Crippen LogP contribution in [0.1, 0.15) is 17.5 Å².